The number of halogens is 1. The molecule has 0 unspecified atom stereocenters. The first kappa shape index (κ1) is 22.2. The fourth-order valence-electron chi connectivity index (χ4n) is 2.38. The summed E-state index contributed by atoms with van der Waals surface area (Å²) in [5.41, 5.74) is 0.252. The second-order valence-corrected chi connectivity index (χ2v) is 7.58. The predicted molar refractivity (Wildman–Crippen MR) is 110 cm³/mol. The number of carbonyl (C=O) groups is 2. The second kappa shape index (κ2) is 10.4. The van der Waals surface area contributed by atoms with Crippen molar-refractivity contribution in [2.45, 2.75) is 38.1 Å². The van der Waals surface area contributed by atoms with E-state index in [4.69, 9.17) is 16.3 Å². The van der Waals surface area contributed by atoms with Crippen molar-refractivity contribution in [1.29, 1.82) is 0 Å². The summed E-state index contributed by atoms with van der Waals surface area (Å²) in [6.07, 6.45) is 0.729. The molecule has 0 spiro atoms. The Labute approximate surface area is 172 Å². The van der Waals surface area contributed by atoms with Crippen molar-refractivity contribution in [3.63, 3.8) is 0 Å². The maximum atomic E-state index is 12.9. The van der Waals surface area contributed by atoms with E-state index in [2.05, 4.69) is 15.6 Å². The molecule has 3 amide bonds. The molecule has 0 fully saturated rings. The third-order valence-corrected chi connectivity index (χ3v) is 4.88. The molecule has 1 aromatic carbocycles. The van der Waals surface area contributed by atoms with E-state index in [9.17, 15) is 14.4 Å². The van der Waals surface area contributed by atoms with Gasteiger partial charge in [0.1, 0.15) is 0 Å². The standard InChI is InChI=1S/C18H23ClN4O4S/c1-11(2)27-8-4-7-23-16(25)13-6-5-12(19)9-14(13)21-18(23)28-10-15(24)22-17(26)20-3/h5-6,9,11H,4,7-8,10H2,1-3H3,(H2,20,22,24,26). The van der Waals surface area contributed by atoms with E-state index in [1.807, 2.05) is 13.8 Å². The van der Waals surface area contributed by atoms with Gasteiger partial charge in [-0.1, -0.05) is 23.4 Å². The number of ether oxygens (including phenoxy) is 1. The van der Waals surface area contributed by atoms with Crippen molar-refractivity contribution >= 4 is 46.2 Å². The molecule has 0 saturated heterocycles. The zero-order valence-electron chi connectivity index (χ0n) is 16.0. The van der Waals surface area contributed by atoms with Gasteiger partial charge in [0.2, 0.25) is 5.91 Å². The lowest BCUT2D eigenvalue weighted by atomic mass is 10.2. The highest BCUT2D eigenvalue weighted by Crippen LogP contribution is 2.20. The highest BCUT2D eigenvalue weighted by Gasteiger charge is 2.14. The van der Waals surface area contributed by atoms with E-state index in [0.29, 0.717) is 40.7 Å². The van der Waals surface area contributed by atoms with Crippen LogP contribution < -0.4 is 16.2 Å². The molecule has 0 bridgehead atoms. The summed E-state index contributed by atoms with van der Waals surface area (Å²) in [6, 6.07) is 4.30. The van der Waals surface area contributed by atoms with Crippen LogP contribution in [0, 0.1) is 0 Å². The molecule has 0 saturated carbocycles. The number of nitrogens with one attached hydrogen (secondary N) is 2. The van der Waals surface area contributed by atoms with Gasteiger partial charge in [0.15, 0.2) is 5.16 Å². The first-order chi connectivity index (χ1) is 13.3. The summed E-state index contributed by atoms with van der Waals surface area (Å²) >= 11 is 7.10. The fraction of sp³-hybridized carbons (Fsp3) is 0.444. The minimum atomic E-state index is -0.591. The SMILES string of the molecule is CNC(=O)NC(=O)CSc1nc2cc(Cl)ccc2c(=O)n1CCCOC(C)C. The Kier molecular flexibility index (Phi) is 8.28. The lowest BCUT2D eigenvalue weighted by Gasteiger charge is -2.14. The van der Waals surface area contributed by atoms with E-state index in [1.54, 1.807) is 18.2 Å². The van der Waals surface area contributed by atoms with Crippen LogP contribution in [-0.2, 0) is 16.1 Å². The van der Waals surface area contributed by atoms with Gasteiger partial charge in [0.05, 0.1) is 22.8 Å². The molecule has 2 rings (SSSR count). The van der Waals surface area contributed by atoms with Crippen molar-refractivity contribution in [3.8, 4) is 0 Å². The molecule has 2 aromatic rings. The van der Waals surface area contributed by atoms with E-state index in [1.165, 1.54) is 11.6 Å². The van der Waals surface area contributed by atoms with Gasteiger partial charge in [-0.15, -0.1) is 0 Å². The summed E-state index contributed by atoms with van der Waals surface area (Å²) < 4.78 is 7.06. The Balaban J connectivity index is 2.26. The monoisotopic (exact) mass is 426 g/mol. The average molecular weight is 427 g/mol. The molecule has 0 radical (unpaired) electrons. The predicted octanol–water partition coefficient (Wildman–Crippen LogP) is 2.41. The van der Waals surface area contributed by atoms with E-state index in [-0.39, 0.29) is 17.4 Å². The first-order valence-corrected chi connectivity index (χ1v) is 10.1. The van der Waals surface area contributed by atoms with Crippen LogP contribution in [0.5, 0.6) is 0 Å². The van der Waals surface area contributed by atoms with Crippen molar-refractivity contribution in [2.75, 3.05) is 19.4 Å². The Morgan fingerprint density at radius 3 is 2.79 bits per heavy atom. The summed E-state index contributed by atoms with van der Waals surface area (Å²) in [5.74, 6) is -0.548. The highest BCUT2D eigenvalue weighted by atomic mass is 35.5. The van der Waals surface area contributed by atoms with Gasteiger partial charge in [0, 0.05) is 25.2 Å². The summed E-state index contributed by atoms with van der Waals surface area (Å²) in [4.78, 5) is 40.6. The zero-order chi connectivity index (χ0) is 20.7. The quantitative estimate of drug-likeness (QED) is 0.382. The van der Waals surface area contributed by atoms with Crippen LogP contribution in [0.3, 0.4) is 0 Å². The highest BCUT2D eigenvalue weighted by molar-refractivity contribution is 7.99. The van der Waals surface area contributed by atoms with Gasteiger partial charge in [-0.3, -0.25) is 19.5 Å². The van der Waals surface area contributed by atoms with Gasteiger partial charge in [-0.2, -0.15) is 0 Å². The van der Waals surface area contributed by atoms with Crippen LogP contribution in [0.1, 0.15) is 20.3 Å². The smallest absolute Gasteiger partial charge is 0.321 e. The Morgan fingerprint density at radius 1 is 1.36 bits per heavy atom. The summed E-state index contributed by atoms with van der Waals surface area (Å²) in [5, 5.41) is 5.79. The molecule has 28 heavy (non-hydrogen) atoms. The number of thioether (sulfide) groups is 1. The maximum Gasteiger partial charge on any atom is 0.321 e. The number of imide groups is 1. The molecule has 152 valence electrons. The Hall–Kier alpha value is -2.10. The fourth-order valence-corrected chi connectivity index (χ4v) is 3.37. The number of hydrogen-bond acceptors (Lipinski definition) is 6. The van der Waals surface area contributed by atoms with Crippen LogP contribution in [0.15, 0.2) is 28.2 Å². The minimum absolute atomic E-state index is 0.0611. The van der Waals surface area contributed by atoms with Gasteiger partial charge < -0.3 is 10.1 Å². The molecule has 2 N–H and O–H groups in total. The third-order valence-electron chi connectivity index (χ3n) is 3.67. The number of hydrogen-bond donors (Lipinski definition) is 2. The third kappa shape index (κ3) is 6.22. The number of amides is 3. The van der Waals surface area contributed by atoms with E-state index >= 15 is 0 Å². The molecule has 0 aliphatic heterocycles. The minimum Gasteiger partial charge on any atom is -0.379 e. The molecule has 8 nitrogen and oxygen atoms in total. The number of fused-ring (bicyclic) bond motifs is 1. The lowest BCUT2D eigenvalue weighted by molar-refractivity contribution is -0.117. The van der Waals surface area contributed by atoms with E-state index < -0.39 is 11.9 Å². The zero-order valence-corrected chi connectivity index (χ0v) is 17.5. The normalized spacial score (nSPS) is 11.0. The number of carbonyl (C=O) groups excluding carboxylic acids is 2. The van der Waals surface area contributed by atoms with Crippen molar-refractivity contribution < 1.29 is 14.3 Å². The number of nitrogens with zero attached hydrogens (tertiary/aromatic N) is 2. The van der Waals surface area contributed by atoms with Gasteiger partial charge in [-0.25, -0.2) is 9.78 Å². The first-order valence-electron chi connectivity index (χ1n) is 8.78. The van der Waals surface area contributed by atoms with Crippen molar-refractivity contribution in [1.82, 2.24) is 20.2 Å². The van der Waals surface area contributed by atoms with Gasteiger partial charge >= 0.3 is 6.03 Å². The topological polar surface area (TPSA) is 102 Å². The molecule has 0 aliphatic rings. The van der Waals surface area contributed by atoms with Crippen LogP contribution in [0.2, 0.25) is 5.02 Å². The number of benzene rings is 1. The number of rotatable bonds is 8. The number of aromatic nitrogens is 2. The lowest BCUT2D eigenvalue weighted by Crippen LogP contribution is -2.38. The molecule has 10 heteroatoms. The second-order valence-electron chi connectivity index (χ2n) is 6.20. The van der Waals surface area contributed by atoms with Crippen LogP contribution >= 0.6 is 23.4 Å². The average Bonchev–Trinajstić information content (AvgIpc) is 2.64. The molecule has 1 heterocycles. The maximum absolute atomic E-state index is 12.9. The van der Waals surface area contributed by atoms with Crippen LogP contribution in [0.4, 0.5) is 4.79 Å². The molecule has 0 atom stereocenters. The molecule has 1 aromatic heterocycles. The molecular weight excluding hydrogens is 404 g/mol. The summed E-state index contributed by atoms with van der Waals surface area (Å²) in [7, 11) is 1.42. The van der Waals surface area contributed by atoms with Gasteiger partial charge in [0.25, 0.3) is 5.56 Å². The van der Waals surface area contributed by atoms with Crippen LogP contribution in [0.25, 0.3) is 10.9 Å². The Bertz CT molecular complexity index is 916. The summed E-state index contributed by atoms with van der Waals surface area (Å²) in [6.45, 7) is 4.79. The van der Waals surface area contributed by atoms with Gasteiger partial charge in [-0.05, 0) is 38.5 Å². The molecule has 0 aliphatic carbocycles. The van der Waals surface area contributed by atoms with Crippen molar-refractivity contribution in [2.24, 2.45) is 0 Å². The Morgan fingerprint density at radius 2 is 2.11 bits per heavy atom. The van der Waals surface area contributed by atoms with E-state index in [0.717, 1.165) is 11.8 Å². The van der Waals surface area contributed by atoms with Crippen LogP contribution in [-0.4, -0.2) is 47.0 Å². The molecular formula is C18H23ClN4O4S. The number of urea groups is 1. The van der Waals surface area contributed by atoms with Crippen molar-refractivity contribution in [3.05, 3.63) is 33.6 Å². The largest absolute Gasteiger partial charge is 0.379 e.